The van der Waals surface area contributed by atoms with E-state index in [1.807, 2.05) is 25.1 Å². The summed E-state index contributed by atoms with van der Waals surface area (Å²) >= 11 is 0. The van der Waals surface area contributed by atoms with E-state index < -0.39 is 0 Å². The number of para-hydroxylation sites is 2. The zero-order chi connectivity index (χ0) is 20.1. The number of benzene rings is 2. The topological polar surface area (TPSA) is 48.3 Å². The molecule has 1 atom stereocenters. The third kappa shape index (κ3) is 4.37. The highest BCUT2D eigenvalue weighted by Gasteiger charge is 2.15. The molecule has 0 saturated carbocycles. The van der Waals surface area contributed by atoms with Crippen LogP contribution in [0.3, 0.4) is 0 Å². The Morgan fingerprint density at radius 2 is 2.00 bits per heavy atom. The summed E-state index contributed by atoms with van der Waals surface area (Å²) < 4.78 is 13.5. The van der Waals surface area contributed by atoms with Crippen LogP contribution in [0.15, 0.2) is 54.6 Å². The van der Waals surface area contributed by atoms with Crippen molar-refractivity contribution in [1.29, 1.82) is 0 Å². The van der Waals surface area contributed by atoms with Gasteiger partial charge in [0.05, 0.1) is 24.2 Å². The number of imidazole rings is 1. The van der Waals surface area contributed by atoms with Crippen LogP contribution in [0.1, 0.15) is 38.2 Å². The zero-order valence-corrected chi connectivity index (χ0v) is 17.2. The molecule has 0 radical (unpaired) electrons. The van der Waals surface area contributed by atoms with Crippen molar-refractivity contribution < 1.29 is 9.47 Å². The number of rotatable bonds is 9. The van der Waals surface area contributed by atoms with Gasteiger partial charge in [-0.1, -0.05) is 24.8 Å². The van der Waals surface area contributed by atoms with E-state index in [4.69, 9.17) is 14.5 Å². The largest absolute Gasteiger partial charge is 0.493 e. The van der Waals surface area contributed by atoms with Gasteiger partial charge in [-0.2, -0.15) is 0 Å². The van der Waals surface area contributed by atoms with Gasteiger partial charge in [-0.3, -0.25) is 0 Å². The monoisotopic (exact) mass is 379 g/mol. The first-order valence-electron chi connectivity index (χ1n) is 9.66. The van der Waals surface area contributed by atoms with Crippen LogP contribution >= 0.6 is 0 Å². The maximum Gasteiger partial charge on any atom is 0.161 e. The van der Waals surface area contributed by atoms with Crippen molar-refractivity contribution in [1.82, 2.24) is 14.9 Å². The van der Waals surface area contributed by atoms with Crippen molar-refractivity contribution in [2.45, 2.75) is 39.9 Å². The lowest BCUT2D eigenvalue weighted by Gasteiger charge is -2.17. The molecule has 1 heterocycles. The van der Waals surface area contributed by atoms with Gasteiger partial charge in [0.1, 0.15) is 12.4 Å². The molecule has 1 N–H and O–H groups in total. The summed E-state index contributed by atoms with van der Waals surface area (Å²) in [5, 5.41) is 3.58. The summed E-state index contributed by atoms with van der Waals surface area (Å²) in [6.07, 6.45) is 0. The molecule has 28 heavy (non-hydrogen) atoms. The molecule has 0 fully saturated rings. The second-order valence-corrected chi connectivity index (χ2v) is 7.04. The molecule has 5 heteroatoms. The fraction of sp³-hybridized carbons (Fsp3) is 0.348. The Bertz CT molecular complexity index is 962. The molecule has 0 aliphatic carbocycles. The van der Waals surface area contributed by atoms with E-state index >= 15 is 0 Å². The van der Waals surface area contributed by atoms with Crippen LogP contribution in [0, 0.1) is 0 Å². The smallest absolute Gasteiger partial charge is 0.161 e. The van der Waals surface area contributed by atoms with Crippen molar-refractivity contribution in [3.63, 3.8) is 0 Å². The number of nitrogens with one attached hydrogen (secondary N) is 1. The first-order chi connectivity index (χ1) is 13.5. The molecule has 3 aromatic rings. The quantitative estimate of drug-likeness (QED) is 0.539. The van der Waals surface area contributed by atoms with Gasteiger partial charge in [-0.05, 0) is 56.2 Å². The van der Waals surface area contributed by atoms with E-state index in [1.54, 1.807) is 7.11 Å². The lowest BCUT2D eigenvalue weighted by molar-refractivity contribution is 0.319. The predicted molar refractivity (Wildman–Crippen MR) is 114 cm³/mol. The van der Waals surface area contributed by atoms with E-state index in [9.17, 15) is 0 Å². The van der Waals surface area contributed by atoms with Gasteiger partial charge in [0.2, 0.25) is 0 Å². The van der Waals surface area contributed by atoms with Crippen LogP contribution in [-0.4, -0.2) is 23.3 Å². The highest BCUT2D eigenvalue weighted by molar-refractivity contribution is 5.76. The second-order valence-electron chi connectivity index (χ2n) is 7.04. The molecule has 5 nitrogen and oxygen atoms in total. The highest BCUT2D eigenvalue weighted by atomic mass is 16.5. The lowest BCUT2D eigenvalue weighted by Crippen LogP contribution is -2.21. The molecule has 1 aromatic heterocycles. The van der Waals surface area contributed by atoms with Crippen molar-refractivity contribution in [2.75, 3.05) is 13.7 Å². The minimum absolute atomic E-state index is 0.120. The third-order valence-corrected chi connectivity index (χ3v) is 4.70. The van der Waals surface area contributed by atoms with E-state index in [-0.39, 0.29) is 6.04 Å². The van der Waals surface area contributed by atoms with Gasteiger partial charge >= 0.3 is 0 Å². The van der Waals surface area contributed by atoms with E-state index in [1.165, 1.54) is 5.52 Å². The third-order valence-electron chi connectivity index (χ3n) is 4.70. The predicted octanol–water partition coefficient (Wildman–Crippen LogP) is 4.87. The standard InChI is InChI=1S/C23H29N3O2/c1-6-26-20-10-8-7-9-19(20)25-23(26)17(4)24-14-18-11-12-21(27-5)22(13-18)28-15-16(2)3/h7-13,17,24H,2,6,14-15H2,1,3-5H3. The van der Waals surface area contributed by atoms with Crippen LogP contribution in [-0.2, 0) is 13.1 Å². The molecule has 148 valence electrons. The first-order valence-corrected chi connectivity index (χ1v) is 9.66. The molecule has 1 unspecified atom stereocenters. The Morgan fingerprint density at radius 1 is 1.21 bits per heavy atom. The van der Waals surface area contributed by atoms with Crippen LogP contribution in [0.5, 0.6) is 11.5 Å². The molecule has 0 amide bonds. The van der Waals surface area contributed by atoms with Crippen LogP contribution < -0.4 is 14.8 Å². The summed E-state index contributed by atoms with van der Waals surface area (Å²) in [6, 6.07) is 14.4. The van der Waals surface area contributed by atoms with E-state index in [2.05, 4.69) is 54.6 Å². The van der Waals surface area contributed by atoms with Gasteiger partial charge in [0.25, 0.3) is 0 Å². The number of hydrogen-bond donors (Lipinski definition) is 1. The second kappa shape index (κ2) is 8.93. The minimum Gasteiger partial charge on any atom is -0.493 e. The molecule has 0 aliphatic rings. The number of aromatic nitrogens is 2. The Hall–Kier alpha value is -2.79. The normalized spacial score (nSPS) is 12.1. The Labute approximate surface area is 167 Å². The van der Waals surface area contributed by atoms with Crippen molar-refractivity contribution in [3.05, 3.63) is 66.0 Å². The maximum absolute atomic E-state index is 5.83. The fourth-order valence-electron chi connectivity index (χ4n) is 3.26. The molecule has 0 aliphatic heterocycles. The van der Waals surface area contributed by atoms with Crippen LogP contribution in [0.25, 0.3) is 11.0 Å². The lowest BCUT2D eigenvalue weighted by atomic mass is 10.2. The summed E-state index contributed by atoms with van der Waals surface area (Å²) in [4.78, 5) is 4.84. The number of nitrogens with zero attached hydrogens (tertiary/aromatic N) is 2. The van der Waals surface area contributed by atoms with Gasteiger partial charge < -0.3 is 19.4 Å². The average molecular weight is 380 g/mol. The molecule has 2 aromatic carbocycles. The van der Waals surface area contributed by atoms with Crippen molar-refractivity contribution in [2.24, 2.45) is 0 Å². The fourth-order valence-corrected chi connectivity index (χ4v) is 3.26. The Kier molecular flexibility index (Phi) is 6.37. The number of methoxy groups -OCH3 is 1. The molecular formula is C23H29N3O2. The molecule has 0 bridgehead atoms. The van der Waals surface area contributed by atoms with Crippen molar-refractivity contribution >= 4 is 11.0 Å². The van der Waals surface area contributed by atoms with Crippen molar-refractivity contribution in [3.8, 4) is 11.5 Å². The zero-order valence-electron chi connectivity index (χ0n) is 17.2. The van der Waals surface area contributed by atoms with Gasteiger partial charge in [-0.15, -0.1) is 0 Å². The Balaban J connectivity index is 1.75. The maximum atomic E-state index is 5.83. The highest BCUT2D eigenvalue weighted by Crippen LogP contribution is 2.29. The minimum atomic E-state index is 0.120. The number of hydrogen-bond acceptors (Lipinski definition) is 4. The van der Waals surface area contributed by atoms with Gasteiger partial charge in [0, 0.05) is 13.1 Å². The van der Waals surface area contributed by atoms with E-state index in [0.29, 0.717) is 13.2 Å². The average Bonchev–Trinajstić information content (AvgIpc) is 3.09. The summed E-state index contributed by atoms with van der Waals surface area (Å²) in [7, 11) is 1.65. The SMILES string of the molecule is C=C(C)COc1cc(CNC(C)c2nc3ccccc3n2CC)ccc1OC. The number of aryl methyl sites for hydroxylation is 1. The number of ether oxygens (including phenoxy) is 2. The summed E-state index contributed by atoms with van der Waals surface area (Å²) in [6.45, 7) is 12.2. The number of fused-ring (bicyclic) bond motifs is 1. The van der Waals surface area contributed by atoms with Crippen LogP contribution in [0.4, 0.5) is 0 Å². The summed E-state index contributed by atoms with van der Waals surface area (Å²) in [5.74, 6) is 2.51. The van der Waals surface area contributed by atoms with Gasteiger partial charge in [0.15, 0.2) is 11.5 Å². The first kappa shape index (κ1) is 20.0. The van der Waals surface area contributed by atoms with Crippen LogP contribution in [0.2, 0.25) is 0 Å². The van der Waals surface area contributed by atoms with Gasteiger partial charge in [-0.25, -0.2) is 4.98 Å². The summed E-state index contributed by atoms with van der Waals surface area (Å²) in [5.41, 5.74) is 4.31. The van der Waals surface area contributed by atoms with E-state index in [0.717, 1.165) is 40.5 Å². The Morgan fingerprint density at radius 3 is 2.71 bits per heavy atom. The molecule has 3 rings (SSSR count). The molecular weight excluding hydrogens is 350 g/mol. The molecule has 0 spiro atoms. The molecule has 0 saturated heterocycles.